The van der Waals surface area contributed by atoms with Crippen LogP contribution in [0.1, 0.15) is 26.2 Å². The van der Waals surface area contributed by atoms with Gasteiger partial charge in [0.05, 0.1) is 11.8 Å². The highest BCUT2D eigenvalue weighted by Gasteiger charge is 2.30. The third kappa shape index (κ3) is 5.16. The van der Waals surface area contributed by atoms with E-state index in [1.165, 1.54) is 25.1 Å². The molecule has 1 rings (SSSR count). The van der Waals surface area contributed by atoms with E-state index in [1.807, 2.05) is 6.07 Å². The standard InChI is InChI=1S/C13H14F4N2/c1-12(9-18,7-4-8-13(15,16)17)19-11-6-3-2-5-10(11)14/h2-3,5-6,19H,4,7-8H2,1H3. The van der Waals surface area contributed by atoms with Crippen molar-refractivity contribution in [3.8, 4) is 6.07 Å². The van der Waals surface area contributed by atoms with Crippen molar-refractivity contribution in [1.29, 1.82) is 5.26 Å². The molecule has 1 aromatic rings. The maximum atomic E-state index is 13.4. The SMILES string of the molecule is CC(C#N)(CCCC(F)(F)F)Nc1ccccc1F. The first-order valence-corrected chi connectivity index (χ1v) is 5.76. The molecule has 0 amide bonds. The highest BCUT2D eigenvalue weighted by Crippen LogP contribution is 2.27. The average molecular weight is 274 g/mol. The molecule has 2 nitrogen and oxygen atoms in total. The van der Waals surface area contributed by atoms with Gasteiger partial charge in [-0.15, -0.1) is 0 Å². The summed E-state index contributed by atoms with van der Waals surface area (Å²) in [7, 11) is 0. The van der Waals surface area contributed by atoms with Gasteiger partial charge in [-0.25, -0.2) is 4.39 Å². The van der Waals surface area contributed by atoms with Crippen LogP contribution in [0.5, 0.6) is 0 Å². The quantitative estimate of drug-likeness (QED) is 0.815. The van der Waals surface area contributed by atoms with Gasteiger partial charge in [0.15, 0.2) is 0 Å². The number of nitrogens with one attached hydrogen (secondary N) is 1. The zero-order valence-corrected chi connectivity index (χ0v) is 10.4. The first-order chi connectivity index (χ1) is 8.76. The summed E-state index contributed by atoms with van der Waals surface area (Å²) in [5.74, 6) is -0.542. The molecule has 0 radical (unpaired) electrons. The van der Waals surface area contributed by atoms with Gasteiger partial charge in [-0.2, -0.15) is 18.4 Å². The molecule has 0 aliphatic rings. The van der Waals surface area contributed by atoms with E-state index in [1.54, 1.807) is 6.07 Å². The van der Waals surface area contributed by atoms with E-state index in [4.69, 9.17) is 5.26 Å². The summed E-state index contributed by atoms with van der Waals surface area (Å²) in [6.45, 7) is 1.45. The minimum atomic E-state index is -4.24. The normalized spacial score (nSPS) is 14.5. The van der Waals surface area contributed by atoms with Crippen molar-refractivity contribution in [2.24, 2.45) is 0 Å². The maximum absolute atomic E-state index is 13.4. The smallest absolute Gasteiger partial charge is 0.365 e. The van der Waals surface area contributed by atoms with Crippen LogP contribution >= 0.6 is 0 Å². The number of hydrogen-bond acceptors (Lipinski definition) is 2. The van der Waals surface area contributed by atoms with Crippen LogP contribution in [0.15, 0.2) is 24.3 Å². The van der Waals surface area contributed by atoms with Gasteiger partial charge in [0.2, 0.25) is 0 Å². The number of hydrogen-bond donors (Lipinski definition) is 1. The highest BCUT2D eigenvalue weighted by molar-refractivity contribution is 5.48. The number of rotatable bonds is 5. The first-order valence-electron chi connectivity index (χ1n) is 5.76. The molecule has 19 heavy (non-hydrogen) atoms. The van der Waals surface area contributed by atoms with Crippen molar-refractivity contribution in [3.63, 3.8) is 0 Å². The molecule has 0 fully saturated rings. The molecule has 6 heteroatoms. The highest BCUT2D eigenvalue weighted by atomic mass is 19.4. The molecule has 0 aromatic heterocycles. The lowest BCUT2D eigenvalue weighted by molar-refractivity contribution is -0.135. The van der Waals surface area contributed by atoms with Crippen LogP contribution < -0.4 is 5.32 Å². The predicted octanol–water partition coefficient (Wildman–Crippen LogP) is 4.25. The summed E-state index contributed by atoms with van der Waals surface area (Å²) >= 11 is 0. The molecule has 0 saturated heterocycles. The van der Waals surface area contributed by atoms with E-state index in [-0.39, 0.29) is 18.5 Å². The number of alkyl halides is 3. The van der Waals surface area contributed by atoms with E-state index >= 15 is 0 Å². The molecule has 0 saturated carbocycles. The zero-order valence-electron chi connectivity index (χ0n) is 10.4. The fourth-order valence-electron chi connectivity index (χ4n) is 1.65. The molecule has 0 spiro atoms. The van der Waals surface area contributed by atoms with Gasteiger partial charge < -0.3 is 5.32 Å². The summed E-state index contributed by atoms with van der Waals surface area (Å²) in [6.07, 6.45) is -5.40. The molecule has 0 aliphatic heterocycles. The number of anilines is 1. The van der Waals surface area contributed by atoms with Crippen LogP contribution in [0.4, 0.5) is 23.2 Å². The summed E-state index contributed by atoms with van der Waals surface area (Å²) in [6, 6.07) is 7.63. The molecule has 1 N–H and O–H groups in total. The van der Waals surface area contributed by atoms with E-state index in [0.717, 1.165) is 0 Å². The van der Waals surface area contributed by atoms with Crippen molar-refractivity contribution < 1.29 is 17.6 Å². The molecule has 104 valence electrons. The molecule has 0 bridgehead atoms. The Hall–Kier alpha value is -1.77. The fourth-order valence-corrected chi connectivity index (χ4v) is 1.65. The summed E-state index contributed by atoms with van der Waals surface area (Å²) in [5.41, 5.74) is -1.12. The van der Waals surface area contributed by atoms with E-state index in [2.05, 4.69) is 5.32 Å². The van der Waals surface area contributed by atoms with Crippen molar-refractivity contribution in [2.45, 2.75) is 37.9 Å². The Balaban J connectivity index is 2.66. The van der Waals surface area contributed by atoms with Gasteiger partial charge in [-0.3, -0.25) is 0 Å². The van der Waals surface area contributed by atoms with Crippen LogP contribution in [-0.2, 0) is 0 Å². The minimum Gasteiger partial charge on any atom is -0.365 e. The van der Waals surface area contributed by atoms with Crippen LogP contribution in [0, 0.1) is 17.1 Å². The summed E-state index contributed by atoms with van der Waals surface area (Å²) in [5, 5.41) is 11.7. The molecule has 0 aliphatic carbocycles. The lowest BCUT2D eigenvalue weighted by Crippen LogP contribution is -2.33. The monoisotopic (exact) mass is 274 g/mol. The summed E-state index contributed by atoms with van der Waals surface area (Å²) < 4.78 is 49.6. The number of nitrogens with zero attached hydrogens (tertiary/aromatic N) is 1. The Bertz CT molecular complexity index is 464. The van der Waals surface area contributed by atoms with E-state index in [0.29, 0.717) is 0 Å². The van der Waals surface area contributed by atoms with Gasteiger partial charge in [-0.05, 0) is 31.9 Å². The van der Waals surface area contributed by atoms with Gasteiger partial charge in [0, 0.05) is 6.42 Å². The van der Waals surface area contributed by atoms with Crippen molar-refractivity contribution in [3.05, 3.63) is 30.1 Å². The average Bonchev–Trinajstić information content (AvgIpc) is 2.30. The van der Waals surface area contributed by atoms with E-state index < -0.39 is 24.0 Å². The molecule has 1 atom stereocenters. The lowest BCUT2D eigenvalue weighted by Gasteiger charge is -2.25. The molecule has 1 unspecified atom stereocenters. The van der Waals surface area contributed by atoms with Crippen LogP contribution in [0.2, 0.25) is 0 Å². The first kappa shape index (κ1) is 15.3. The van der Waals surface area contributed by atoms with Gasteiger partial charge in [0.25, 0.3) is 0 Å². The number of halogens is 4. The van der Waals surface area contributed by atoms with Crippen molar-refractivity contribution in [2.75, 3.05) is 5.32 Å². The number of para-hydroxylation sites is 1. The Labute approximate surface area is 109 Å². The molecule has 0 heterocycles. The molecular formula is C13H14F4N2. The predicted molar refractivity (Wildman–Crippen MR) is 63.9 cm³/mol. The minimum absolute atomic E-state index is 0.0165. The zero-order chi connectivity index (χ0) is 14.5. The second-order valence-electron chi connectivity index (χ2n) is 4.52. The molecular weight excluding hydrogens is 260 g/mol. The van der Waals surface area contributed by atoms with E-state index in [9.17, 15) is 17.6 Å². The van der Waals surface area contributed by atoms with Crippen molar-refractivity contribution in [1.82, 2.24) is 0 Å². The Morgan fingerprint density at radius 2 is 1.84 bits per heavy atom. The van der Waals surface area contributed by atoms with Crippen LogP contribution in [-0.4, -0.2) is 11.7 Å². The van der Waals surface area contributed by atoms with Gasteiger partial charge >= 0.3 is 6.18 Å². The summed E-state index contributed by atoms with van der Waals surface area (Å²) in [4.78, 5) is 0. The maximum Gasteiger partial charge on any atom is 0.389 e. The fraction of sp³-hybridized carbons (Fsp3) is 0.462. The number of benzene rings is 1. The van der Waals surface area contributed by atoms with Crippen LogP contribution in [0.25, 0.3) is 0 Å². The molecule has 1 aromatic carbocycles. The topological polar surface area (TPSA) is 35.8 Å². The third-order valence-corrected chi connectivity index (χ3v) is 2.67. The van der Waals surface area contributed by atoms with Gasteiger partial charge in [0.1, 0.15) is 11.4 Å². The second kappa shape index (κ2) is 5.91. The Morgan fingerprint density at radius 1 is 1.21 bits per heavy atom. The number of nitriles is 1. The van der Waals surface area contributed by atoms with Crippen LogP contribution in [0.3, 0.4) is 0 Å². The largest absolute Gasteiger partial charge is 0.389 e. The Morgan fingerprint density at radius 3 is 2.37 bits per heavy atom. The van der Waals surface area contributed by atoms with Crippen molar-refractivity contribution >= 4 is 5.69 Å². The second-order valence-corrected chi connectivity index (χ2v) is 4.52. The lowest BCUT2D eigenvalue weighted by atomic mass is 9.96. The van der Waals surface area contributed by atoms with Gasteiger partial charge in [-0.1, -0.05) is 12.1 Å². The Kier molecular flexibility index (Phi) is 4.76. The third-order valence-electron chi connectivity index (χ3n) is 2.67.